The lowest BCUT2D eigenvalue weighted by molar-refractivity contribution is 0.102. The van der Waals surface area contributed by atoms with Gasteiger partial charge in [-0.25, -0.2) is 4.68 Å². The lowest BCUT2D eigenvalue weighted by Crippen LogP contribution is -2.13. The lowest BCUT2D eigenvalue weighted by atomic mass is 10.1. The highest BCUT2D eigenvalue weighted by Gasteiger charge is 2.18. The van der Waals surface area contributed by atoms with E-state index in [0.717, 1.165) is 29.2 Å². The van der Waals surface area contributed by atoms with Gasteiger partial charge in [-0.05, 0) is 44.2 Å². The first-order valence-corrected chi connectivity index (χ1v) is 8.96. The summed E-state index contributed by atoms with van der Waals surface area (Å²) in [5, 5.41) is 7.56. The molecule has 1 aliphatic heterocycles. The summed E-state index contributed by atoms with van der Waals surface area (Å²) in [6, 6.07) is 15.1. The molecule has 3 aromatic rings. The van der Waals surface area contributed by atoms with E-state index in [4.69, 9.17) is 9.47 Å². The summed E-state index contributed by atoms with van der Waals surface area (Å²) in [7, 11) is 0. The van der Waals surface area contributed by atoms with Crippen molar-refractivity contribution in [3.05, 3.63) is 65.5 Å². The zero-order valence-electron chi connectivity index (χ0n) is 15.4. The zero-order valence-corrected chi connectivity index (χ0v) is 15.4. The number of amides is 1. The molecule has 27 heavy (non-hydrogen) atoms. The number of carbonyl (C=O) groups is 1. The van der Waals surface area contributed by atoms with Gasteiger partial charge in [0.15, 0.2) is 11.5 Å². The number of carbonyl (C=O) groups excluding carboxylic acids is 1. The topological polar surface area (TPSA) is 65.4 Å². The molecule has 1 N–H and O–H groups in total. The predicted molar refractivity (Wildman–Crippen MR) is 103 cm³/mol. The monoisotopic (exact) mass is 363 g/mol. The van der Waals surface area contributed by atoms with E-state index < -0.39 is 0 Å². The quantitative estimate of drug-likeness (QED) is 0.766. The number of nitrogens with one attached hydrogen (secondary N) is 1. The molecule has 1 amide bonds. The van der Waals surface area contributed by atoms with Crippen molar-refractivity contribution < 1.29 is 14.3 Å². The molecule has 0 fully saturated rings. The molecule has 0 radical (unpaired) electrons. The summed E-state index contributed by atoms with van der Waals surface area (Å²) in [4.78, 5) is 12.8. The summed E-state index contributed by atoms with van der Waals surface area (Å²) in [5.74, 6) is 1.08. The molecule has 6 nitrogen and oxygen atoms in total. The van der Waals surface area contributed by atoms with Crippen molar-refractivity contribution in [2.45, 2.75) is 20.3 Å². The fourth-order valence-corrected chi connectivity index (χ4v) is 3.13. The fraction of sp³-hybridized carbons (Fsp3) is 0.238. The molecular weight excluding hydrogens is 342 g/mol. The summed E-state index contributed by atoms with van der Waals surface area (Å²) >= 11 is 0. The van der Waals surface area contributed by atoms with Gasteiger partial charge in [0.2, 0.25) is 0 Å². The second kappa shape index (κ2) is 7.15. The second-order valence-electron chi connectivity index (χ2n) is 6.46. The van der Waals surface area contributed by atoms with Crippen LogP contribution in [0.2, 0.25) is 0 Å². The Labute approximate surface area is 157 Å². The number of para-hydroxylation sites is 1. The first-order valence-electron chi connectivity index (χ1n) is 8.96. The minimum atomic E-state index is -0.204. The van der Waals surface area contributed by atoms with Crippen molar-refractivity contribution in [1.82, 2.24) is 9.78 Å². The minimum absolute atomic E-state index is 0.204. The van der Waals surface area contributed by atoms with Gasteiger partial charge in [-0.1, -0.05) is 18.2 Å². The fourth-order valence-electron chi connectivity index (χ4n) is 3.13. The van der Waals surface area contributed by atoms with E-state index in [0.29, 0.717) is 30.3 Å². The van der Waals surface area contributed by atoms with E-state index in [1.165, 1.54) is 0 Å². The second-order valence-corrected chi connectivity index (χ2v) is 6.46. The van der Waals surface area contributed by atoms with Crippen LogP contribution in [-0.2, 0) is 0 Å². The molecule has 0 spiro atoms. The molecule has 0 aliphatic carbocycles. The van der Waals surface area contributed by atoms with Crippen LogP contribution in [0, 0.1) is 13.8 Å². The van der Waals surface area contributed by atoms with Crippen LogP contribution >= 0.6 is 0 Å². The SMILES string of the molecule is Cc1nn(-c2ccccc2)c(C)c1NC(=O)c1ccc2c(c1)OCCCO2. The van der Waals surface area contributed by atoms with Crippen LogP contribution in [0.15, 0.2) is 48.5 Å². The van der Waals surface area contributed by atoms with Gasteiger partial charge in [-0.2, -0.15) is 5.10 Å². The Hall–Kier alpha value is -3.28. The van der Waals surface area contributed by atoms with Crippen molar-refractivity contribution in [1.29, 1.82) is 0 Å². The van der Waals surface area contributed by atoms with Crippen molar-refractivity contribution >= 4 is 11.6 Å². The molecule has 0 saturated heterocycles. The van der Waals surface area contributed by atoms with Gasteiger partial charge in [-0.15, -0.1) is 0 Å². The number of fused-ring (bicyclic) bond motifs is 1. The van der Waals surface area contributed by atoms with Crippen molar-refractivity contribution in [3.8, 4) is 17.2 Å². The smallest absolute Gasteiger partial charge is 0.255 e. The first-order chi connectivity index (χ1) is 13.1. The van der Waals surface area contributed by atoms with Crippen molar-refractivity contribution in [2.75, 3.05) is 18.5 Å². The summed E-state index contributed by atoms with van der Waals surface area (Å²) in [6.45, 7) is 5.03. The van der Waals surface area contributed by atoms with Gasteiger partial charge in [-0.3, -0.25) is 4.79 Å². The molecule has 2 heterocycles. The van der Waals surface area contributed by atoms with Crippen LogP contribution in [0.4, 0.5) is 5.69 Å². The van der Waals surface area contributed by atoms with Crippen LogP contribution < -0.4 is 14.8 Å². The third-order valence-corrected chi connectivity index (χ3v) is 4.54. The van der Waals surface area contributed by atoms with Crippen molar-refractivity contribution in [2.24, 2.45) is 0 Å². The Kier molecular flexibility index (Phi) is 4.54. The first kappa shape index (κ1) is 17.1. The van der Waals surface area contributed by atoms with E-state index in [1.807, 2.05) is 48.9 Å². The van der Waals surface area contributed by atoms with Crippen LogP contribution in [0.5, 0.6) is 11.5 Å². The molecule has 0 unspecified atom stereocenters. The number of hydrogen-bond donors (Lipinski definition) is 1. The molecule has 0 saturated carbocycles. The van der Waals surface area contributed by atoms with E-state index in [9.17, 15) is 4.79 Å². The predicted octanol–water partition coefficient (Wildman–Crippen LogP) is 3.90. The molecule has 2 aromatic carbocycles. The van der Waals surface area contributed by atoms with Crippen LogP contribution in [0.1, 0.15) is 28.2 Å². The largest absolute Gasteiger partial charge is 0.490 e. The van der Waals surface area contributed by atoms with E-state index in [2.05, 4.69) is 10.4 Å². The maximum Gasteiger partial charge on any atom is 0.255 e. The average molecular weight is 363 g/mol. The number of benzene rings is 2. The normalized spacial score (nSPS) is 13.1. The number of anilines is 1. The summed E-state index contributed by atoms with van der Waals surface area (Å²) < 4.78 is 13.1. The van der Waals surface area contributed by atoms with Crippen LogP contribution in [0.3, 0.4) is 0 Å². The Balaban J connectivity index is 1.60. The Morgan fingerprint density at radius 1 is 1.04 bits per heavy atom. The molecule has 0 bridgehead atoms. The highest BCUT2D eigenvalue weighted by atomic mass is 16.5. The molecule has 4 rings (SSSR count). The third kappa shape index (κ3) is 3.38. The number of hydrogen-bond acceptors (Lipinski definition) is 4. The molecular formula is C21H21N3O3. The van der Waals surface area contributed by atoms with Gasteiger partial charge in [0.1, 0.15) is 0 Å². The number of aryl methyl sites for hydroxylation is 1. The van der Waals surface area contributed by atoms with Gasteiger partial charge in [0.05, 0.1) is 36.0 Å². The molecule has 1 aliphatic rings. The van der Waals surface area contributed by atoms with E-state index >= 15 is 0 Å². The summed E-state index contributed by atoms with van der Waals surface area (Å²) in [6.07, 6.45) is 0.827. The number of nitrogens with zero attached hydrogens (tertiary/aromatic N) is 2. The molecule has 0 atom stereocenters. The zero-order chi connectivity index (χ0) is 18.8. The van der Waals surface area contributed by atoms with E-state index in [-0.39, 0.29) is 5.91 Å². The molecule has 6 heteroatoms. The third-order valence-electron chi connectivity index (χ3n) is 4.54. The maximum atomic E-state index is 12.8. The van der Waals surface area contributed by atoms with Crippen LogP contribution in [-0.4, -0.2) is 28.9 Å². The molecule has 138 valence electrons. The van der Waals surface area contributed by atoms with Gasteiger partial charge in [0.25, 0.3) is 5.91 Å². The number of ether oxygens (including phenoxy) is 2. The van der Waals surface area contributed by atoms with Gasteiger partial charge >= 0.3 is 0 Å². The van der Waals surface area contributed by atoms with Crippen LogP contribution in [0.25, 0.3) is 5.69 Å². The van der Waals surface area contributed by atoms with E-state index in [1.54, 1.807) is 18.2 Å². The maximum absolute atomic E-state index is 12.8. The highest BCUT2D eigenvalue weighted by molar-refractivity contribution is 6.05. The minimum Gasteiger partial charge on any atom is -0.490 e. The Morgan fingerprint density at radius 2 is 1.78 bits per heavy atom. The Bertz CT molecular complexity index is 980. The standard InChI is InChI=1S/C21H21N3O3/c1-14-20(15(2)24(23-14)17-7-4-3-5-8-17)22-21(25)16-9-10-18-19(13-16)27-12-6-11-26-18/h3-5,7-10,13H,6,11-12H2,1-2H3,(H,22,25). The van der Waals surface area contributed by atoms with Gasteiger partial charge < -0.3 is 14.8 Å². The highest BCUT2D eigenvalue weighted by Crippen LogP contribution is 2.31. The number of aromatic nitrogens is 2. The summed E-state index contributed by atoms with van der Waals surface area (Å²) in [5.41, 5.74) is 3.83. The van der Waals surface area contributed by atoms with Gasteiger partial charge in [0, 0.05) is 12.0 Å². The Morgan fingerprint density at radius 3 is 2.56 bits per heavy atom. The van der Waals surface area contributed by atoms with Crippen molar-refractivity contribution in [3.63, 3.8) is 0 Å². The lowest BCUT2D eigenvalue weighted by Gasteiger charge is -2.10. The molecule has 1 aromatic heterocycles. The number of rotatable bonds is 3. The average Bonchev–Trinajstić information content (AvgIpc) is 2.87.